The van der Waals surface area contributed by atoms with Gasteiger partial charge in [0.15, 0.2) is 0 Å². The number of anilines is 2. The maximum absolute atomic E-state index is 5.86. The van der Waals surface area contributed by atoms with E-state index < -0.39 is 0 Å². The van der Waals surface area contributed by atoms with Crippen LogP contribution >= 0.6 is 0 Å². The first kappa shape index (κ1) is 12.2. The number of nitrogens with one attached hydrogen (secondary N) is 1. The standard InChI is InChI=1S/C13H16N4O/c1-2-18-13-9-15-8-12(17-13)16-7-10-5-3-4-6-11(10)14/h3-6,8-9H,2,7,14H2,1H3,(H,16,17). The molecule has 1 aromatic heterocycles. The third-order valence-corrected chi connectivity index (χ3v) is 2.42. The van der Waals surface area contributed by atoms with Crippen molar-refractivity contribution in [2.75, 3.05) is 17.7 Å². The molecule has 5 nitrogen and oxygen atoms in total. The Morgan fingerprint density at radius 2 is 2.11 bits per heavy atom. The molecule has 0 aliphatic carbocycles. The smallest absolute Gasteiger partial charge is 0.234 e. The van der Waals surface area contributed by atoms with Gasteiger partial charge in [-0.25, -0.2) is 0 Å². The van der Waals surface area contributed by atoms with Crippen LogP contribution in [0.2, 0.25) is 0 Å². The highest BCUT2D eigenvalue weighted by Crippen LogP contribution is 2.14. The van der Waals surface area contributed by atoms with Crippen LogP contribution in [0.1, 0.15) is 12.5 Å². The number of nitrogen functional groups attached to an aromatic ring is 1. The monoisotopic (exact) mass is 244 g/mol. The average Bonchev–Trinajstić information content (AvgIpc) is 2.39. The zero-order chi connectivity index (χ0) is 12.8. The minimum atomic E-state index is 0.517. The van der Waals surface area contributed by atoms with E-state index in [4.69, 9.17) is 10.5 Å². The van der Waals surface area contributed by atoms with Gasteiger partial charge in [-0.2, -0.15) is 4.98 Å². The van der Waals surface area contributed by atoms with Gasteiger partial charge in [-0.3, -0.25) is 4.98 Å². The minimum Gasteiger partial charge on any atom is -0.477 e. The van der Waals surface area contributed by atoms with Crippen molar-refractivity contribution in [3.63, 3.8) is 0 Å². The number of para-hydroxylation sites is 1. The summed E-state index contributed by atoms with van der Waals surface area (Å²) >= 11 is 0. The molecule has 0 saturated carbocycles. The second-order valence-corrected chi connectivity index (χ2v) is 3.73. The van der Waals surface area contributed by atoms with Gasteiger partial charge in [-0.05, 0) is 18.6 Å². The predicted octanol–water partition coefficient (Wildman–Crippen LogP) is 2.07. The van der Waals surface area contributed by atoms with E-state index in [-0.39, 0.29) is 0 Å². The molecule has 94 valence electrons. The summed E-state index contributed by atoms with van der Waals surface area (Å²) in [6.45, 7) is 3.09. The first-order chi connectivity index (χ1) is 8.79. The van der Waals surface area contributed by atoms with Crippen molar-refractivity contribution >= 4 is 11.5 Å². The zero-order valence-electron chi connectivity index (χ0n) is 10.3. The average molecular weight is 244 g/mol. The number of benzene rings is 1. The highest BCUT2D eigenvalue weighted by molar-refractivity contribution is 5.48. The van der Waals surface area contributed by atoms with Crippen molar-refractivity contribution in [1.82, 2.24) is 9.97 Å². The second-order valence-electron chi connectivity index (χ2n) is 3.73. The van der Waals surface area contributed by atoms with Gasteiger partial charge in [-0.1, -0.05) is 18.2 Å². The lowest BCUT2D eigenvalue weighted by Gasteiger charge is -2.08. The molecule has 18 heavy (non-hydrogen) atoms. The summed E-state index contributed by atoms with van der Waals surface area (Å²) in [5, 5.41) is 3.17. The van der Waals surface area contributed by atoms with Crippen LogP contribution in [0.5, 0.6) is 5.88 Å². The van der Waals surface area contributed by atoms with E-state index in [1.165, 1.54) is 0 Å². The first-order valence-electron chi connectivity index (χ1n) is 5.81. The van der Waals surface area contributed by atoms with Crippen LogP contribution < -0.4 is 15.8 Å². The fourth-order valence-electron chi connectivity index (χ4n) is 1.53. The highest BCUT2D eigenvalue weighted by Gasteiger charge is 2.01. The molecule has 0 saturated heterocycles. The molecule has 0 atom stereocenters. The van der Waals surface area contributed by atoms with E-state index in [0.29, 0.717) is 24.8 Å². The Morgan fingerprint density at radius 3 is 2.89 bits per heavy atom. The molecule has 0 aliphatic rings. The normalized spacial score (nSPS) is 10.1. The SMILES string of the molecule is CCOc1cncc(NCc2ccccc2N)n1. The summed E-state index contributed by atoms with van der Waals surface area (Å²) < 4.78 is 5.28. The number of nitrogens with two attached hydrogens (primary N) is 1. The number of hydrogen-bond donors (Lipinski definition) is 2. The Morgan fingerprint density at radius 1 is 1.28 bits per heavy atom. The van der Waals surface area contributed by atoms with Crippen LogP contribution in [0.25, 0.3) is 0 Å². The van der Waals surface area contributed by atoms with Gasteiger partial charge in [0.25, 0.3) is 0 Å². The molecule has 2 aromatic rings. The predicted molar refractivity (Wildman–Crippen MR) is 71.4 cm³/mol. The third kappa shape index (κ3) is 3.10. The van der Waals surface area contributed by atoms with Gasteiger partial charge in [-0.15, -0.1) is 0 Å². The van der Waals surface area contributed by atoms with Crippen molar-refractivity contribution in [3.8, 4) is 5.88 Å². The molecule has 5 heteroatoms. The van der Waals surface area contributed by atoms with Crippen LogP contribution in [0, 0.1) is 0 Å². The van der Waals surface area contributed by atoms with Crippen molar-refractivity contribution in [1.29, 1.82) is 0 Å². The second kappa shape index (κ2) is 5.86. The summed E-state index contributed by atoms with van der Waals surface area (Å²) in [7, 11) is 0. The lowest BCUT2D eigenvalue weighted by atomic mass is 10.2. The van der Waals surface area contributed by atoms with E-state index in [9.17, 15) is 0 Å². The van der Waals surface area contributed by atoms with Crippen molar-refractivity contribution in [3.05, 3.63) is 42.2 Å². The lowest BCUT2D eigenvalue weighted by molar-refractivity contribution is 0.325. The molecule has 1 aromatic carbocycles. The fourth-order valence-corrected chi connectivity index (χ4v) is 1.53. The van der Waals surface area contributed by atoms with E-state index in [2.05, 4.69) is 15.3 Å². The molecule has 2 rings (SSSR count). The Hall–Kier alpha value is -2.30. The number of rotatable bonds is 5. The molecular formula is C13H16N4O. The van der Waals surface area contributed by atoms with Gasteiger partial charge >= 0.3 is 0 Å². The summed E-state index contributed by atoms with van der Waals surface area (Å²) in [6, 6.07) is 7.71. The number of aromatic nitrogens is 2. The summed E-state index contributed by atoms with van der Waals surface area (Å²) in [5.74, 6) is 1.19. The maximum atomic E-state index is 5.86. The van der Waals surface area contributed by atoms with Crippen LogP contribution in [0.3, 0.4) is 0 Å². The quantitative estimate of drug-likeness (QED) is 0.788. The van der Waals surface area contributed by atoms with Gasteiger partial charge < -0.3 is 15.8 Å². The summed E-state index contributed by atoms with van der Waals surface area (Å²) in [4.78, 5) is 8.33. The molecule has 0 fully saturated rings. The molecular weight excluding hydrogens is 228 g/mol. The van der Waals surface area contributed by atoms with E-state index >= 15 is 0 Å². The maximum Gasteiger partial charge on any atom is 0.234 e. The molecule has 0 aliphatic heterocycles. The fraction of sp³-hybridized carbons (Fsp3) is 0.231. The van der Waals surface area contributed by atoms with E-state index in [1.807, 2.05) is 31.2 Å². The van der Waals surface area contributed by atoms with Crippen molar-refractivity contribution in [2.45, 2.75) is 13.5 Å². The minimum absolute atomic E-state index is 0.517. The molecule has 0 bridgehead atoms. The summed E-state index contributed by atoms with van der Waals surface area (Å²) in [5.41, 5.74) is 7.65. The Bertz CT molecular complexity index is 516. The van der Waals surface area contributed by atoms with Gasteiger partial charge in [0.05, 0.1) is 19.0 Å². The van der Waals surface area contributed by atoms with E-state index in [1.54, 1.807) is 12.4 Å². The summed E-state index contributed by atoms with van der Waals surface area (Å²) in [6.07, 6.45) is 3.24. The van der Waals surface area contributed by atoms with Crippen LogP contribution in [-0.4, -0.2) is 16.6 Å². The van der Waals surface area contributed by atoms with Crippen molar-refractivity contribution in [2.24, 2.45) is 0 Å². The van der Waals surface area contributed by atoms with Crippen LogP contribution in [0.15, 0.2) is 36.7 Å². The molecule has 0 radical (unpaired) electrons. The highest BCUT2D eigenvalue weighted by atomic mass is 16.5. The van der Waals surface area contributed by atoms with E-state index in [0.717, 1.165) is 11.3 Å². The number of nitrogens with zero attached hydrogens (tertiary/aromatic N) is 2. The zero-order valence-corrected chi connectivity index (χ0v) is 10.3. The number of hydrogen-bond acceptors (Lipinski definition) is 5. The molecule has 0 spiro atoms. The van der Waals surface area contributed by atoms with Crippen LogP contribution in [-0.2, 0) is 6.54 Å². The number of ether oxygens (including phenoxy) is 1. The van der Waals surface area contributed by atoms with Crippen molar-refractivity contribution < 1.29 is 4.74 Å². The van der Waals surface area contributed by atoms with Crippen LogP contribution in [0.4, 0.5) is 11.5 Å². The Labute approximate surface area is 106 Å². The van der Waals surface area contributed by atoms with Gasteiger partial charge in [0, 0.05) is 12.2 Å². The topological polar surface area (TPSA) is 73.1 Å². The molecule has 0 amide bonds. The third-order valence-electron chi connectivity index (χ3n) is 2.42. The Balaban J connectivity index is 2.02. The largest absolute Gasteiger partial charge is 0.477 e. The first-order valence-corrected chi connectivity index (χ1v) is 5.81. The van der Waals surface area contributed by atoms with Gasteiger partial charge in [0.2, 0.25) is 5.88 Å². The lowest BCUT2D eigenvalue weighted by Crippen LogP contribution is -2.05. The Kier molecular flexibility index (Phi) is 3.96. The van der Waals surface area contributed by atoms with Gasteiger partial charge in [0.1, 0.15) is 5.82 Å². The molecule has 0 unspecified atom stereocenters. The molecule has 1 heterocycles. The molecule has 3 N–H and O–H groups in total.